The van der Waals surface area contributed by atoms with Crippen molar-refractivity contribution in [3.05, 3.63) is 111 Å². The summed E-state index contributed by atoms with van der Waals surface area (Å²) >= 11 is 0. The maximum Gasteiger partial charge on any atom is 0.139 e. The lowest BCUT2D eigenvalue weighted by molar-refractivity contribution is 1.24. The Balaban J connectivity index is 1.88. The first-order chi connectivity index (χ1) is 45.6. The van der Waals surface area contributed by atoms with Crippen LogP contribution in [0.2, 0.25) is 0 Å². The fraction of sp³-hybridized carbons (Fsp3) is 0.231. The van der Waals surface area contributed by atoms with Crippen molar-refractivity contribution in [3.63, 3.8) is 0 Å². The van der Waals surface area contributed by atoms with E-state index in [0.29, 0.717) is 55.2 Å². The predicted molar refractivity (Wildman–Crippen MR) is 469 cm³/mol. The van der Waals surface area contributed by atoms with Crippen molar-refractivity contribution in [2.24, 2.45) is 0 Å². The molecule has 444 valence electrons. The first-order valence-electron chi connectivity index (χ1n) is 34.5. The largest absolute Gasteiger partial charge is 0.139 e. The molecule has 0 radical (unpaired) electrons. The van der Waals surface area contributed by atoms with E-state index in [1.165, 1.54) is 121 Å². The Labute approximate surface area is 591 Å². The molecule has 0 atom stereocenters. The van der Waals surface area contributed by atoms with Crippen LogP contribution in [0.3, 0.4) is 0 Å². The molecule has 0 bridgehead atoms. The third-order valence-electron chi connectivity index (χ3n) is 22.1. The van der Waals surface area contributed by atoms with Gasteiger partial charge in [0.1, 0.15) is 15.0 Å². The van der Waals surface area contributed by atoms with Crippen molar-refractivity contribution in [2.45, 2.75) is 125 Å². The zero-order valence-corrected chi connectivity index (χ0v) is 63.0. The molecule has 0 aliphatic carbocycles. The lowest BCUT2D eigenvalue weighted by atomic mass is 8.67. The molecule has 0 N–H and O–H groups in total. The molecule has 0 amide bonds. The predicted octanol–water partition coefficient (Wildman–Crippen LogP) is 0.465. The van der Waals surface area contributed by atoms with Gasteiger partial charge >= 0.3 is 0 Å². The van der Waals surface area contributed by atoms with Crippen LogP contribution in [0, 0.1) is 235 Å². The van der Waals surface area contributed by atoms with E-state index in [1.54, 1.807) is 24.8 Å². The van der Waals surface area contributed by atoms with Crippen LogP contribution in [0.1, 0.15) is 132 Å². The highest BCUT2D eigenvalue weighted by atomic mass is 14.3. The second-order valence-corrected chi connectivity index (χ2v) is 27.9. The van der Waals surface area contributed by atoms with E-state index in [1.807, 2.05) is 6.92 Å². The van der Waals surface area contributed by atoms with Gasteiger partial charge < -0.3 is 0 Å². The zero-order valence-electron chi connectivity index (χ0n) is 63.0. The third kappa shape index (κ3) is 12.1. The number of fused-ring (bicyclic) bond motifs is 6. The molecule has 0 aliphatic heterocycles. The summed E-state index contributed by atoms with van der Waals surface area (Å²) in [4.78, 5) is 0. The van der Waals surface area contributed by atoms with Crippen molar-refractivity contribution in [1.29, 1.82) is 0 Å². The topological polar surface area (TPSA) is 0 Å². The molecule has 8 aromatic rings. The van der Waals surface area contributed by atoms with Gasteiger partial charge in [-0.1, -0.05) is 63.4 Å². The summed E-state index contributed by atoms with van der Waals surface area (Å²) in [5.41, 5.74) is 32.9. The van der Waals surface area contributed by atoms with E-state index in [4.69, 9.17) is 12.8 Å². The number of hydrogen-bond acceptors (Lipinski definition) is 0. The number of aryl methyl sites for hydroxylation is 9. The van der Waals surface area contributed by atoms with Crippen LogP contribution in [-0.4, -0.2) is 130 Å². The van der Waals surface area contributed by atoms with Gasteiger partial charge in [0.25, 0.3) is 0 Å². The summed E-state index contributed by atoms with van der Waals surface area (Å²) < 4.78 is 0. The smallest absolute Gasteiger partial charge is 0.106 e. The number of hydrogen-bond donors (Lipinski definition) is 0. The molecule has 0 spiro atoms. The van der Waals surface area contributed by atoms with Crippen LogP contribution in [0.4, 0.5) is 0 Å². The average Bonchev–Trinajstić information content (AvgIpc) is 0.690. The summed E-state index contributed by atoms with van der Waals surface area (Å²) in [6.07, 6.45) is 13.7. The molecule has 0 saturated heterocycles. The Kier molecular flexibility index (Phi) is 22.7. The highest BCUT2D eigenvalue weighted by Crippen LogP contribution is 2.54. The van der Waals surface area contributed by atoms with Crippen LogP contribution in [0.15, 0.2) is 0 Å². The quantitative estimate of drug-likeness (QED) is 0.0811. The summed E-state index contributed by atoms with van der Waals surface area (Å²) in [5.74, 6) is 62.1. The lowest BCUT2D eigenvalue weighted by Gasteiger charge is -2.36. The highest BCUT2D eigenvalue weighted by molar-refractivity contribution is 7.89. The number of rotatable bonds is 10. The van der Waals surface area contributed by atoms with Crippen molar-refractivity contribution >= 4 is 206 Å². The Morgan fingerprint density at radius 1 is 0.302 bits per heavy atom. The van der Waals surface area contributed by atoms with Gasteiger partial charge in [0.05, 0.1) is 93.7 Å². The second-order valence-electron chi connectivity index (χ2n) is 27.9. The number of terminal acetylenes is 2. The summed E-state index contributed by atoms with van der Waals surface area (Å²) in [5, 5.41) is 11.8. The maximum absolute atomic E-state index is 6.11. The third-order valence-corrected chi connectivity index (χ3v) is 22.1. The average molecular weight is 1210 g/mol. The van der Waals surface area contributed by atoms with Gasteiger partial charge in [-0.2, -0.15) is 0 Å². The fourth-order valence-electron chi connectivity index (χ4n) is 17.1. The van der Waals surface area contributed by atoms with Gasteiger partial charge in [0, 0.05) is 60.1 Å². The minimum Gasteiger partial charge on any atom is -0.106 e. The molecule has 0 aromatic heterocycles. The molecular formula is C78H78B18. The molecule has 0 nitrogen and oxygen atoms in total. The van der Waals surface area contributed by atoms with E-state index in [0.717, 1.165) is 74.7 Å². The molecule has 8 aromatic carbocycles. The van der Waals surface area contributed by atoms with Crippen molar-refractivity contribution in [1.82, 2.24) is 0 Å². The van der Waals surface area contributed by atoms with E-state index in [2.05, 4.69) is 300 Å². The van der Waals surface area contributed by atoms with Crippen molar-refractivity contribution in [2.75, 3.05) is 0 Å². The van der Waals surface area contributed by atoms with Crippen molar-refractivity contribution < 1.29 is 0 Å². The molecule has 0 fully saturated rings. The SMILES string of the molecule is BBB(B)B(B(B)B)c1c(B(B(B)B)B(B)B)c(C)c(C)c2c(C)c(-c3c4c(C)c(C)c(C)c(C)c4c(C)c4c(-c5c(C)c6c(C)c(C)c(C#CC)c(C#CC#C)c6c6c(C#CC#CC)c(C#CC#CC#C)c(C#CC#CC#CC)c(C)c56)c(C)c(C)c(C)c34)c(BB)c(B)c12. The Morgan fingerprint density at radius 3 is 1.25 bits per heavy atom. The Bertz CT molecular complexity index is 5520. The molecule has 0 saturated carbocycles. The molecule has 8 rings (SSSR count). The molecule has 0 unspecified atom stereocenters. The van der Waals surface area contributed by atoms with Gasteiger partial charge in [-0.05, 0) is 339 Å². The minimum absolute atomic E-state index is 0.362. The fourth-order valence-corrected chi connectivity index (χ4v) is 17.1. The van der Waals surface area contributed by atoms with Crippen molar-refractivity contribution in [3.8, 4) is 154 Å². The molecule has 0 heterocycles. The van der Waals surface area contributed by atoms with E-state index < -0.39 is 0 Å². The van der Waals surface area contributed by atoms with E-state index in [-0.39, 0.29) is 0 Å². The maximum atomic E-state index is 6.11. The summed E-state index contributed by atoms with van der Waals surface area (Å²) in [7, 11) is 26.5. The van der Waals surface area contributed by atoms with Gasteiger partial charge in [-0.15, -0.1) is 24.2 Å². The Hall–Kier alpha value is -8.61. The van der Waals surface area contributed by atoms with Crippen LogP contribution in [0.5, 0.6) is 0 Å². The zero-order chi connectivity index (χ0) is 71.0. The van der Waals surface area contributed by atoms with Gasteiger partial charge in [0.15, 0.2) is 0 Å². The molecule has 96 heavy (non-hydrogen) atoms. The van der Waals surface area contributed by atoms with E-state index >= 15 is 0 Å². The molecular weight excluding hydrogens is 1130 g/mol. The lowest BCUT2D eigenvalue weighted by Crippen LogP contribution is -2.72. The van der Waals surface area contributed by atoms with Gasteiger partial charge in [-0.25, -0.2) is 0 Å². The molecule has 18 heteroatoms. The van der Waals surface area contributed by atoms with Gasteiger partial charge in [0.2, 0.25) is 0 Å². The number of benzene rings is 8. The van der Waals surface area contributed by atoms with Gasteiger partial charge in [-0.3, -0.25) is 0 Å². The second kappa shape index (κ2) is 29.8. The normalized spacial score (nSPS) is 10.0. The summed E-state index contributed by atoms with van der Waals surface area (Å²) in [6, 6.07) is 0. The minimum atomic E-state index is 0.362. The van der Waals surface area contributed by atoms with Crippen LogP contribution >= 0.6 is 0 Å². The van der Waals surface area contributed by atoms with E-state index in [9.17, 15) is 0 Å². The highest BCUT2D eigenvalue weighted by Gasteiger charge is 2.40. The summed E-state index contributed by atoms with van der Waals surface area (Å²) in [6.45, 7) is 41.3. The standard InChI is InChI=1S/C78H78B18/c1-21-26-30-32-35-38-57-52(17)67-69(54(19)62-49(14)44(9)56(36-25-5)59(37-29-24-4)71(62)72(67)60(40-33-28-23-3)58(57)39-34-31-27-22-2)65-47(12)43(8)48(13)66-68(65)53(18)61-45(10)41(6)42(7)46(11)64(61)73(66)70-55(20)63-50(15)51(16)77(91(93(82)83)94(84)85)78(74(63)75(79)76(70)89-80)92(95(86)87)96(88)90-81/h2,4,89-90H,79-88H2,1,3,5-20H3. The van der Waals surface area contributed by atoms with Crippen LogP contribution in [0.25, 0.3) is 76.1 Å². The first-order valence-corrected chi connectivity index (χ1v) is 34.5. The molecule has 0 aliphatic rings. The first kappa shape index (κ1) is 73.2. The van der Waals surface area contributed by atoms with Crippen LogP contribution < -0.4 is 21.9 Å². The monoisotopic (exact) mass is 1210 g/mol. The Morgan fingerprint density at radius 2 is 0.698 bits per heavy atom. The van der Waals surface area contributed by atoms with Crippen LogP contribution in [-0.2, 0) is 0 Å².